The predicted octanol–water partition coefficient (Wildman–Crippen LogP) is 3.61. The van der Waals surface area contributed by atoms with E-state index in [0.717, 1.165) is 30.0 Å². The van der Waals surface area contributed by atoms with Crippen LogP contribution in [0, 0.1) is 17.8 Å². The molecule has 2 nitrogen and oxygen atoms in total. The van der Waals surface area contributed by atoms with E-state index >= 15 is 0 Å². The Morgan fingerprint density at radius 3 is 2.79 bits per heavy atom. The lowest BCUT2D eigenvalue weighted by Gasteiger charge is -2.28. The second-order valence-corrected chi connectivity index (χ2v) is 6.32. The fourth-order valence-corrected chi connectivity index (χ4v) is 4.18. The molecule has 4 atom stereocenters. The number of para-hydroxylation sites is 1. The van der Waals surface area contributed by atoms with E-state index in [9.17, 15) is 0 Å². The molecule has 0 radical (unpaired) electrons. The van der Waals surface area contributed by atoms with Gasteiger partial charge in [-0.05, 0) is 50.0 Å². The van der Waals surface area contributed by atoms with Crippen molar-refractivity contribution >= 4 is 0 Å². The first-order valence-electron chi connectivity index (χ1n) is 7.63. The summed E-state index contributed by atoms with van der Waals surface area (Å²) in [5, 5.41) is 3.72. The molecular formula is C17H25NO. The molecule has 2 heteroatoms. The van der Waals surface area contributed by atoms with E-state index in [1.807, 2.05) is 12.1 Å². The zero-order chi connectivity index (χ0) is 13.2. The molecule has 0 spiro atoms. The van der Waals surface area contributed by atoms with Gasteiger partial charge in [0, 0.05) is 18.2 Å². The average molecular weight is 259 g/mol. The number of hydrogen-bond acceptors (Lipinski definition) is 2. The largest absolute Gasteiger partial charge is 0.496 e. The van der Waals surface area contributed by atoms with Crippen LogP contribution in [0.25, 0.3) is 0 Å². The molecule has 2 fully saturated rings. The van der Waals surface area contributed by atoms with Crippen molar-refractivity contribution in [1.82, 2.24) is 5.32 Å². The second kappa shape index (κ2) is 5.54. The van der Waals surface area contributed by atoms with E-state index in [-0.39, 0.29) is 0 Å². The van der Waals surface area contributed by atoms with Crippen LogP contribution in [-0.2, 0) is 6.54 Å². The molecule has 1 aromatic rings. The maximum Gasteiger partial charge on any atom is 0.123 e. The van der Waals surface area contributed by atoms with Gasteiger partial charge in [-0.15, -0.1) is 0 Å². The third kappa shape index (κ3) is 2.64. The number of benzene rings is 1. The molecule has 1 N–H and O–H groups in total. The van der Waals surface area contributed by atoms with Crippen molar-refractivity contribution in [3.05, 3.63) is 29.8 Å². The van der Waals surface area contributed by atoms with E-state index in [1.54, 1.807) is 7.11 Å². The molecule has 3 rings (SSSR count). The van der Waals surface area contributed by atoms with Gasteiger partial charge in [-0.3, -0.25) is 0 Å². The molecule has 2 saturated carbocycles. The van der Waals surface area contributed by atoms with Crippen molar-refractivity contribution in [2.24, 2.45) is 17.8 Å². The van der Waals surface area contributed by atoms with E-state index < -0.39 is 0 Å². The lowest BCUT2D eigenvalue weighted by Crippen LogP contribution is -2.35. The smallest absolute Gasteiger partial charge is 0.123 e. The van der Waals surface area contributed by atoms with Crippen LogP contribution in [0.15, 0.2) is 24.3 Å². The Labute approximate surface area is 116 Å². The molecule has 2 aliphatic carbocycles. The summed E-state index contributed by atoms with van der Waals surface area (Å²) in [4.78, 5) is 0. The minimum atomic E-state index is 0.625. The monoisotopic (exact) mass is 259 g/mol. The summed E-state index contributed by atoms with van der Waals surface area (Å²) in [6.07, 6.45) is 5.90. The van der Waals surface area contributed by atoms with Crippen LogP contribution in [-0.4, -0.2) is 13.2 Å². The molecule has 104 valence electrons. The summed E-state index contributed by atoms with van der Waals surface area (Å²) in [6.45, 7) is 3.28. The molecular weight excluding hydrogens is 234 g/mol. The van der Waals surface area contributed by atoms with E-state index in [4.69, 9.17) is 4.74 Å². The van der Waals surface area contributed by atoms with Crippen LogP contribution >= 0.6 is 0 Å². The molecule has 0 aliphatic heterocycles. The Morgan fingerprint density at radius 1 is 1.26 bits per heavy atom. The predicted molar refractivity (Wildman–Crippen MR) is 78.2 cm³/mol. The van der Waals surface area contributed by atoms with Crippen molar-refractivity contribution < 1.29 is 4.74 Å². The Bertz CT molecular complexity index is 431. The Kier molecular flexibility index (Phi) is 3.79. The summed E-state index contributed by atoms with van der Waals surface area (Å²) in [5.74, 6) is 3.92. The maximum atomic E-state index is 5.41. The summed E-state index contributed by atoms with van der Waals surface area (Å²) < 4.78 is 5.41. The molecule has 2 aliphatic rings. The van der Waals surface area contributed by atoms with Crippen molar-refractivity contribution in [2.75, 3.05) is 7.11 Å². The van der Waals surface area contributed by atoms with Gasteiger partial charge in [-0.25, -0.2) is 0 Å². The third-order valence-corrected chi connectivity index (χ3v) is 5.24. The SMILES string of the molecule is COc1ccccc1CNC(C)C1CC2CCC1C2. The molecule has 4 unspecified atom stereocenters. The van der Waals surface area contributed by atoms with Crippen LogP contribution in [0.1, 0.15) is 38.2 Å². The summed E-state index contributed by atoms with van der Waals surface area (Å²) >= 11 is 0. The molecule has 0 amide bonds. The average Bonchev–Trinajstić information content (AvgIpc) is 3.07. The maximum absolute atomic E-state index is 5.41. The zero-order valence-electron chi connectivity index (χ0n) is 12.1. The fourth-order valence-electron chi connectivity index (χ4n) is 4.18. The molecule has 2 bridgehead atoms. The van der Waals surface area contributed by atoms with Crippen molar-refractivity contribution in [3.8, 4) is 5.75 Å². The number of ether oxygens (including phenoxy) is 1. The zero-order valence-corrected chi connectivity index (χ0v) is 12.1. The Balaban J connectivity index is 1.57. The first kappa shape index (κ1) is 13.0. The number of rotatable bonds is 5. The van der Waals surface area contributed by atoms with E-state index in [2.05, 4.69) is 24.4 Å². The number of fused-ring (bicyclic) bond motifs is 2. The van der Waals surface area contributed by atoms with Crippen LogP contribution in [0.5, 0.6) is 5.75 Å². The minimum Gasteiger partial charge on any atom is -0.496 e. The topological polar surface area (TPSA) is 21.3 Å². The normalized spacial score (nSPS) is 30.5. The lowest BCUT2D eigenvalue weighted by atomic mass is 9.84. The van der Waals surface area contributed by atoms with Gasteiger partial charge in [0.25, 0.3) is 0 Å². The summed E-state index contributed by atoms with van der Waals surface area (Å²) in [7, 11) is 1.75. The highest BCUT2D eigenvalue weighted by Gasteiger charge is 2.41. The summed E-state index contributed by atoms with van der Waals surface area (Å²) in [5.41, 5.74) is 1.26. The van der Waals surface area contributed by atoms with E-state index in [1.165, 1.54) is 31.2 Å². The fraction of sp³-hybridized carbons (Fsp3) is 0.647. The van der Waals surface area contributed by atoms with Crippen molar-refractivity contribution in [2.45, 2.75) is 45.2 Å². The highest BCUT2D eigenvalue weighted by molar-refractivity contribution is 5.33. The number of methoxy groups -OCH3 is 1. The van der Waals surface area contributed by atoms with Gasteiger partial charge in [0.05, 0.1) is 7.11 Å². The third-order valence-electron chi connectivity index (χ3n) is 5.24. The number of nitrogens with one attached hydrogen (secondary N) is 1. The first-order valence-corrected chi connectivity index (χ1v) is 7.63. The lowest BCUT2D eigenvalue weighted by molar-refractivity contribution is 0.258. The van der Waals surface area contributed by atoms with Gasteiger partial charge >= 0.3 is 0 Å². The highest BCUT2D eigenvalue weighted by Crippen LogP contribution is 2.49. The van der Waals surface area contributed by atoms with Crippen LogP contribution in [0.2, 0.25) is 0 Å². The Morgan fingerprint density at radius 2 is 2.11 bits per heavy atom. The Hall–Kier alpha value is -1.02. The molecule has 1 aromatic carbocycles. The molecule has 0 saturated heterocycles. The van der Waals surface area contributed by atoms with Gasteiger partial charge in [0.2, 0.25) is 0 Å². The van der Waals surface area contributed by atoms with Gasteiger partial charge in [-0.1, -0.05) is 24.6 Å². The standard InChI is InChI=1S/C17H25NO/c1-12(16-10-13-7-8-14(16)9-13)18-11-15-5-3-4-6-17(15)19-2/h3-6,12-14,16,18H,7-11H2,1-2H3. The molecule has 0 aromatic heterocycles. The molecule has 19 heavy (non-hydrogen) atoms. The minimum absolute atomic E-state index is 0.625. The molecule has 0 heterocycles. The van der Waals surface area contributed by atoms with Crippen LogP contribution in [0.3, 0.4) is 0 Å². The van der Waals surface area contributed by atoms with Crippen LogP contribution in [0.4, 0.5) is 0 Å². The highest BCUT2D eigenvalue weighted by atomic mass is 16.5. The van der Waals surface area contributed by atoms with Gasteiger partial charge in [-0.2, -0.15) is 0 Å². The van der Waals surface area contributed by atoms with Crippen molar-refractivity contribution in [3.63, 3.8) is 0 Å². The van der Waals surface area contributed by atoms with Crippen LogP contribution < -0.4 is 10.1 Å². The number of hydrogen-bond donors (Lipinski definition) is 1. The quantitative estimate of drug-likeness (QED) is 0.872. The second-order valence-electron chi connectivity index (χ2n) is 6.32. The first-order chi connectivity index (χ1) is 9.28. The summed E-state index contributed by atoms with van der Waals surface area (Å²) in [6, 6.07) is 8.93. The van der Waals surface area contributed by atoms with Crippen molar-refractivity contribution in [1.29, 1.82) is 0 Å². The van der Waals surface area contributed by atoms with Gasteiger partial charge in [0.15, 0.2) is 0 Å². The van der Waals surface area contributed by atoms with Gasteiger partial charge < -0.3 is 10.1 Å². The van der Waals surface area contributed by atoms with E-state index in [0.29, 0.717) is 6.04 Å². The van der Waals surface area contributed by atoms with Gasteiger partial charge in [0.1, 0.15) is 5.75 Å².